The highest BCUT2D eigenvalue weighted by molar-refractivity contribution is 4.85. The minimum absolute atomic E-state index is 0.903. The molecule has 0 saturated heterocycles. The molecular weight excluding hydrogens is 218 g/mol. The highest BCUT2D eigenvalue weighted by atomic mass is 14.9. The average Bonchev–Trinajstić information content (AvgIpc) is 3.11. The molecule has 1 heteroatoms. The van der Waals surface area contributed by atoms with E-state index in [2.05, 4.69) is 5.32 Å². The highest BCUT2D eigenvalue weighted by Crippen LogP contribution is 2.38. The maximum atomic E-state index is 3.81. The Morgan fingerprint density at radius 1 is 0.667 bits per heavy atom. The summed E-state index contributed by atoms with van der Waals surface area (Å²) in [6.45, 7) is 1.34. The summed E-state index contributed by atoms with van der Waals surface area (Å²) in [4.78, 5) is 0. The summed E-state index contributed by atoms with van der Waals surface area (Å²) in [6, 6.07) is 0.903. The van der Waals surface area contributed by atoms with Crippen LogP contribution in [0.15, 0.2) is 0 Å². The molecule has 3 aliphatic rings. The molecule has 0 amide bonds. The van der Waals surface area contributed by atoms with Gasteiger partial charge in [-0.2, -0.15) is 0 Å². The smallest absolute Gasteiger partial charge is 0.00683 e. The van der Waals surface area contributed by atoms with Crippen LogP contribution < -0.4 is 5.32 Å². The van der Waals surface area contributed by atoms with E-state index < -0.39 is 0 Å². The maximum absolute atomic E-state index is 3.81. The zero-order chi connectivity index (χ0) is 12.2. The normalized spacial score (nSPS) is 34.7. The van der Waals surface area contributed by atoms with Crippen LogP contribution in [0.1, 0.15) is 77.0 Å². The minimum atomic E-state index is 0.903. The van der Waals surface area contributed by atoms with Crippen molar-refractivity contribution < 1.29 is 0 Å². The molecule has 104 valence electrons. The van der Waals surface area contributed by atoms with Crippen molar-refractivity contribution in [2.45, 2.75) is 83.1 Å². The molecule has 0 aromatic rings. The fourth-order valence-electron chi connectivity index (χ4n) is 4.32. The Bertz CT molecular complexity index is 240. The van der Waals surface area contributed by atoms with Gasteiger partial charge in [0, 0.05) is 6.04 Å². The molecule has 3 rings (SSSR count). The van der Waals surface area contributed by atoms with Crippen molar-refractivity contribution in [1.29, 1.82) is 0 Å². The molecule has 0 heterocycles. The van der Waals surface area contributed by atoms with E-state index in [1.165, 1.54) is 64.3 Å². The van der Waals surface area contributed by atoms with Crippen LogP contribution in [-0.2, 0) is 0 Å². The molecule has 2 atom stereocenters. The van der Waals surface area contributed by atoms with Gasteiger partial charge in [0.05, 0.1) is 0 Å². The molecule has 0 bridgehead atoms. The predicted molar refractivity (Wildman–Crippen MR) is 77.7 cm³/mol. The van der Waals surface area contributed by atoms with Crippen LogP contribution in [0.5, 0.6) is 0 Å². The molecule has 1 nitrogen and oxygen atoms in total. The van der Waals surface area contributed by atoms with Gasteiger partial charge in [-0.05, 0) is 50.0 Å². The van der Waals surface area contributed by atoms with Gasteiger partial charge in [0.1, 0.15) is 0 Å². The van der Waals surface area contributed by atoms with Gasteiger partial charge in [-0.15, -0.1) is 0 Å². The van der Waals surface area contributed by atoms with Gasteiger partial charge in [0.15, 0.2) is 0 Å². The lowest BCUT2D eigenvalue weighted by atomic mass is 9.80. The lowest BCUT2D eigenvalue weighted by Gasteiger charge is -2.28. The van der Waals surface area contributed by atoms with E-state index in [4.69, 9.17) is 0 Å². The molecule has 0 aromatic heterocycles. The number of rotatable bonds is 5. The second-order valence-corrected chi connectivity index (χ2v) is 7.23. The van der Waals surface area contributed by atoms with Crippen molar-refractivity contribution in [2.75, 3.05) is 6.54 Å². The summed E-state index contributed by atoms with van der Waals surface area (Å²) < 4.78 is 0. The summed E-state index contributed by atoms with van der Waals surface area (Å²) >= 11 is 0. The third kappa shape index (κ3) is 3.73. The van der Waals surface area contributed by atoms with Crippen LogP contribution in [-0.4, -0.2) is 12.6 Å². The van der Waals surface area contributed by atoms with Crippen LogP contribution in [0, 0.1) is 17.8 Å². The van der Waals surface area contributed by atoms with Gasteiger partial charge in [-0.3, -0.25) is 0 Å². The maximum Gasteiger partial charge on any atom is 0.00683 e. The zero-order valence-corrected chi connectivity index (χ0v) is 12.0. The Kier molecular flexibility index (Phi) is 4.62. The van der Waals surface area contributed by atoms with Gasteiger partial charge in [0.25, 0.3) is 0 Å². The molecule has 18 heavy (non-hydrogen) atoms. The summed E-state index contributed by atoms with van der Waals surface area (Å²) in [7, 11) is 0. The Morgan fingerprint density at radius 3 is 2.06 bits per heavy atom. The van der Waals surface area contributed by atoms with E-state index in [1.54, 1.807) is 19.3 Å². The minimum Gasteiger partial charge on any atom is -0.314 e. The Hall–Kier alpha value is -0.0400. The first-order valence-electron chi connectivity index (χ1n) is 8.65. The zero-order valence-electron chi connectivity index (χ0n) is 12.0. The lowest BCUT2D eigenvalue weighted by molar-refractivity contribution is 0.245. The second-order valence-electron chi connectivity index (χ2n) is 7.23. The van der Waals surface area contributed by atoms with E-state index in [0.29, 0.717) is 0 Å². The van der Waals surface area contributed by atoms with Crippen molar-refractivity contribution in [2.24, 2.45) is 17.8 Å². The summed E-state index contributed by atoms with van der Waals surface area (Å²) in [6.07, 6.45) is 18.1. The van der Waals surface area contributed by atoms with Crippen molar-refractivity contribution in [3.05, 3.63) is 0 Å². The van der Waals surface area contributed by atoms with E-state index in [-0.39, 0.29) is 0 Å². The molecule has 3 aliphatic carbocycles. The number of nitrogens with one attached hydrogen (secondary N) is 1. The summed E-state index contributed by atoms with van der Waals surface area (Å²) in [5.74, 6) is 3.16. The standard InChI is InChI=1S/C17H31N/c1-2-8-15(12-14-6-4-5-7-14)16(9-3-1)13-18-17-10-11-17/h14-18H,1-13H2. The van der Waals surface area contributed by atoms with Crippen molar-refractivity contribution in [3.8, 4) is 0 Å². The fourth-order valence-corrected chi connectivity index (χ4v) is 4.32. The van der Waals surface area contributed by atoms with E-state index in [1.807, 2.05) is 0 Å². The second kappa shape index (κ2) is 6.41. The van der Waals surface area contributed by atoms with E-state index in [0.717, 1.165) is 23.8 Å². The van der Waals surface area contributed by atoms with Crippen molar-refractivity contribution in [1.82, 2.24) is 5.32 Å². The molecule has 0 aliphatic heterocycles. The molecule has 0 spiro atoms. The Balaban J connectivity index is 1.50. The fraction of sp³-hybridized carbons (Fsp3) is 1.00. The highest BCUT2D eigenvalue weighted by Gasteiger charge is 2.29. The van der Waals surface area contributed by atoms with Crippen molar-refractivity contribution in [3.63, 3.8) is 0 Å². The van der Waals surface area contributed by atoms with Gasteiger partial charge < -0.3 is 5.32 Å². The average molecular weight is 249 g/mol. The number of hydrogen-bond acceptors (Lipinski definition) is 1. The SMILES string of the molecule is C1CCC(CNC2CC2)C(CC2CCCC2)CC1. The largest absolute Gasteiger partial charge is 0.314 e. The molecule has 2 unspecified atom stereocenters. The van der Waals surface area contributed by atoms with Crippen LogP contribution in [0.2, 0.25) is 0 Å². The van der Waals surface area contributed by atoms with Crippen LogP contribution in [0.3, 0.4) is 0 Å². The Labute approximate surface area is 113 Å². The first-order chi connectivity index (χ1) is 8.92. The summed E-state index contributed by atoms with van der Waals surface area (Å²) in [5.41, 5.74) is 0. The Morgan fingerprint density at radius 2 is 1.33 bits per heavy atom. The van der Waals surface area contributed by atoms with Crippen LogP contribution >= 0.6 is 0 Å². The molecule has 1 N–H and O–H groups in total. The molecule has 0 aromatic carbocycles. The van der Waals surface area contributed by atoms with Gasteiger partial charge >= 0.3 is 0 Å². The van der Waals surface area contributed by atoms with E-state index >= 15 is 0 Å². The first kappa shape index (κ1) is 13.0. The number of hydrogen-bond donors (Lipinski definition) is 1. The monoisotopic (exact) mass is 249 g/mol. The predicted octanol–water partition coefficient (Wildman–Crippen LogP) is 4.52. The van der Waals surface area contributed by atoms with Gasteiger partial charge in [-0.1, -0.05) is 51.4 Å². The molecule has 3 saturated carbocycles. The van der Waals surface area contributed by atoms with Crippen LogP contribution in [0.25, 0.3) is 0 Å². The lowest BCUT2D eigenvalue weighted by Crippen LogP contribution is -2.30. The van der Waals surface area contributed by atoms with Crippen molar-refractivity contribution >= 4 is 0 Å². The molecule has 3 fully saturated rings. The van der Waals surface area contributed by atoms with Gasteiger partial charge in [0.2, 0.25) is 0 Å². The molecule has 0 radical (unpaired) electrons. The molecular formula is C17H31N. The quantitative estimate of drug-likeness (QED) is 0.707. The van der Waals surface area contributed by atoms with Crippen LogP contribution in [0.4, 0.5) is 0 Å². The topological polar surface area (TPSA) is 12.0 Å². The third-order valence-electron chi connectivity index (χ3n) is 5.67. The summed E-state index contributed by atoms with van der Waals surface area (Å²) in [5, 5.41) is 3.81. The third-order valence-corrected chi connectivity index (χ3v) is 5.67. The van der Waals surface area contributed by atoms with E-state index in [9.17, 15) is 0 Å². The van der Waals surface area contributed by atoms with Gasteiger partial charge in [-0.25, -0.2) is 0 Å². The first-order valence-corrected chi connectivity index (χ1v) is 8.65.